The predicted molar refractivity (Wildman–Crippen MR) is 87.7 cm³/mol. The monoisotopic (exact) mass is 340 g/mol. The molecule has 0 fully saturated rings. The van der Waals surface area contributed by atoms with Crippen molar-refractivity contribution >= 4 is 23.4 Å². The summed E-state index contributed by atoms with van der Waals surface area (Å²) in [4.78, 5) is 11.7. The van der Waals surface area contributed by atoms with Gasteiger partial charge in [-0.05, 0) is 32.4 Å². The van der Waals surface area contributed by atoms with E-state index in [1.165, 1.54) is 0 Å². The van der Waals surface area contributed by atoms with Crippen LogP contribution in [0.1, 0.15) is 32.3 Å². The van der Waals surface area contributed by atoms with Gasteiger partial charge in [-0.15, -0.1) is 0 Å². The first kappa shape index (κ1) is 19.1. The average Bonchev–Trinajstić information content (AvgIpc) is 2.45. The number of amides is 1. The second-order valence-electron chi connectivity index (χ2n) is 5.07. The molecule has 0 spiro atoms. The van der Waals surface area contributed by atoms with E-state index in [1.807, 2.05) is 0 Å². The number of nitrogens with zero attached hydrogens (tertiary/aromatic N) is 1. The number of nitrogens with one attached hydrogen (secondary N) is 1. The zero-order valence-electron chi connectivity index (χ0n) is 13.5. The summed E-state index contributed by atoms with van der Waals surface area (Å²) in [7, 11) is 1.56. The van der Waals surface area contributed by atoms with Crippen molar-refractivity contribution in [3.8, 4) is 11.8 Å². The molecule has 0 saturated carbocycles. The van der Waals surface area contributed by atoms with E-state index in [0.29, 0.717) is 41.5 Å². The first-order valence-corrected chi connectivity index (χ1v) is 7.64. The lowest BCUT2D eigenvalue weighted by Gasteiger charge is -2.15. The maximum absolute atomic E-state index is 11.7. The molecule has 1 aromatic carbocycles. The number of unbranched alkanes of at least 4 members (excludes halogenated alkanes) is 1. The maximum atomic E-state index is 11.7. The maximum Gasteiger partial charge on any atom is 0.411 e. The summed E-state index contributed by atoms with van der Waals surface area (Å²) in [5.41, 5.74) is 1.20. The molecule has 0 bridgehead atoms. The molecule has 0 atom stereocenters. The lowest BCUT2D eigenvalue weighted by atomic mass is 10.2. The Morgan fingerprint density at radius 3 is 2.78 bits per heavy atom. The van der Waals surface area contributed by atoms with Crippen LogP contribution in [0.25, 0.3) is 0 Å². The molecule has 0 radical (unpaired) electrons. The van der Waals surface area contributed by atoms with Crippen LogP contribution >= 0.6 is 11.6 Å². The molecule has 1 amide bonds. The van der Waals surface area contributed by atoms with Crippen molar-refractivity contribution < 1.29 is 19.0 Å². The first-order valence-electron chi connectivity index (χ1n) is 7.26. The fraction of sp³-hybridized carbons (Fsp3) is 0.500. The number of halogens is 1. The van der Waals surface area contributed by atoms with Crippen molar-refractivity contribution in [2.75, 3.05) is 19.0 Å². The highest BCUT2D eigenvalue weighted by atomic mass is 35.5. The Balaban J connectivity index is 2.87. The van der Waals surface area contributed by atoms with Gasteiger partial charge in [-0.3, -0.25) is 5.32 Å². The normalized spacial score (nSPS) is 10.3. The van der Waals surface area contributed by atoms with E-state index in [-0.39, 0.29) is 12.7 Å². The lowest BCUT2D eigenvalue weighted by Crippen LogP contribution is -2.18. The Kier molecular flexibility index (Phi) is 8.23. The molecule has 0 saturated heterocycles. The molecule has 0 heterocycles. The van der Waals surface area contributed by atoms with Gasteiger partial charge in [0.1, 0.15) is 5.75 Å². The molecule has 0 unspecified atom stereocenters. The number of carbonyl (C=O) groups excluding carboxylic acids is 1. The predicted octanol–water partition coefficient (Wildman–Crippen LogP) is 4.13. The van der Waals surface area contributed by atoms with Crippen LogP contribution in [0.3, 0.4) is 0 Å². The van der Waals surface area contributed by atoms with Gasteiger partial charge in [-0.1, -0.05) is 11.6 Å². The molecule has 0 aliphatic rings. The third-order valence-electron chi connectivity index (χ3n) is 2.69. The Morgan fingerprint density at radius 2 is 2.17 bits per heavy atom. The van der Waals surface area contributed by atoms with Crippen molar-refractivity contribution in [2.24, 2.45) is 0 Å². The number of anilines is 1. The molecule has 0 aliphatic carbocycles. The second kappa shape index (κ2) is 9.93. The van der Waals surface area contributed by atoms with Gasteiger partial charge in [0.15, 0.2) is 0 Å². The van der Waals surface area contributed by atoms with E-state index in [2.05, 4.69) is 11.4 Å². The molecule has 1 rings (SSSR count). The number of benzene rings is 1. The van der Waals surface area contributed by atoms with Crippen LogP contribution < -0.4 is 10.1 Å². The Hall–Kier alpha value is -1.97. The Bertz CT molecular complexity index is 570. The first-order chi connectivity index (χ1) is 11.0. The van der Waals surface area contributed by atoms with Crippen LogP contribution in [-0.4, -0.2) is 25.9 Å². The average molecular weight is 341 g/mol. The smallest absolute Gasteiger partial charge is 0.411 e. The van der Waals surface area contributed by atoms with Crippen molar-refractivity contribution in [2.45, 2.75) is 39.4 Å². The largest absolute Gasteiger partial charge is 0.492 e. The number of nitriles is 1. The zero-order chi connectivity index (χ0) is 17.2. The molecule has 7 heteroatoms. The van der Waals surface area contributed by atoms with E-state index >= 15 is 0 Å². The molecular formula is C16H21ClN2O4. The third-order valence-corrected chi connectivity index (χ3v) is 2.97. The quantitative estimate of drug-likeness (QED) is 0.720. The molecule has 23 heavy (non-hydrogen) atoms. The highest BCUT2D eigenvalue weighted by Gasteiger charge is 2.14. The fourth-order valence-electron chi connectivity index (χ4n) is 1.83. The number of hydrogen-bond acceptors (Lipinski definition) is 5. The number of methoxy groups -OCH3 is 1. The van der Waals surface area contributed by atoms with Crippen LogP contribution in [0, 0.1) is 11.3 Å². The van der Waals surface area contributed by atoms with Gasteiger partial charge in [0, 0.05) is 24.8 Å². The van der Waals surface area contributed by atoms with Crippen LogP contribution in [0.2, 0.25) is 5.02 Å². The van der Waals surface area contributed by atoms with Gasteiger partial charge in [0.05, 0.1) is 30.4 Å². The minimum Gasteiger partial charge on any atom is -0.492 e. The molecule has 0 aromatic heterocycles. The summed E-state index contributed by atoms with van der Waals surface area (Å²) < 4.78 is 15.8. The van der Waals surface area contributed by atoms with Crippen molar-refractivity contribution in [3.05, 3.63) is 22.7 Å². The number of rotatable bonds is 8. The van der Waals surface area contributed by atoms with E-state index in [4.69, 9.17) is 31.1 Å². The van der Waals surface area contributed by atoms with Crippen LogP contribution in [0.5, 0.6) is 5.75 Å². The minimum absolute atomic E-state index is 0.216. The number of ether oxygens (including phenoxy) is 3. The standard InChI is InChI=1S/C16H21ClN2O4/c1-11(2)23-16(20)19-13-8-12(10-21-3)15(14(17)9-13)22-7-5-4-6-18/h8-9,11H,4-5,7,10H2,1-3H3,(H,19,20). The van der Waals surface area contributed by atoms with E-state index in [9.17, 15) is 4.79 Å². The van der Waals surface area contributed by atoms with Crippen LogP contribution in [0.15, 0.2) is 12.1 Å². The third kappa shape index (κ3) is 6.76. The van der Waals surface area contributed by atoms with Gasteiger partial charge >= 0.3 is 6.09 Å². The Labute approximate surface area is 141 Å². The van der Waals surface area contributed by atoms with Crippen molar-refractivity contribution in [1.29, 1.82) is 5.26 Å². The van der Waals surface area contributed by atoms with E-state index < -0.39 is 6.09 Å². The molecule has 1 aromatic rings. The van der Waals surface area contributed by atoms with Gasteiger partial charge in [-0.2, -0.15) is 5.26 Å². The molecule has 1 N–H and O–H groups in total. The van der Waals surface area contributed by atoms with Gasteiger partial charge in [-0.25, -0.2) is 4.79 Å². The summed E-state index contributed by atoms with van der Waals surface area (Å²) in [6.45, 7) is 4.19. The highest BCUT2D eigenvalue weighted by Crippen LogP contribution is 2.33. The summed E-state index contributed by atoms with van der Waals surface area (Å²) in [5.74, 6) is 0.495. The van der Waals surface area contributed by atoms with Gasteiger partial charge < -0.3 is 14.2 Å². The topological polar surface area (TPSA) is 80.6 Å². The van der Waals surface area contributed by atoms with Gasteiger partial charge in [0.25, 0.3) is 0 Å². The minimum atomic E-state index is -0.554. The Morgan fingerprint density at radius 1 is 1.43 bits per heavy atom. The highest BCUT2D eigenvalue weighted by molar-refractivity contribution is 6.32. The lowest BCUT2D eigenvalue weighted by molar-refractivity contribution is 0.130. The van der Waals surface area contributed by atoms with E-state index in [1.54, 1.807) is 33.1 Å². The molecule has 6 nitrogen and oxygen atoms in total. The molecule has 0 aliphatic heterocycles. The van der Waals surface area contributed by atoms with Crippen molar-refractivity contribution in [1.82, 2.24) is 0 Å². The molecule has 126 valence electrons. The summed E-state index contributed by atoms with van der Waals surface area (Å²) in [5, 5.41) is 11.5. The SMILES string of the molecule is COCc1cc(NC(=O)OC(C)C)cc(Cl)c1OCCCC#N. The summed E-state index contributed by atoms with van der Waals surface area (Å²) >= 11 is 6.23. The fourth-order valence-corrected chi connectivity index (χ4v) is 2.13. The zero-order valence-corrected chi connectivity index (χ0v) is 14.3. The summed E-state index contributed by atoms with van der Waals surface area (Å²) in [6.07, 6.45) is 0.256. The second-order valence-corrected chi connectivity index (χ2v) is 5.48. The van der Waals surface area contributed by atoms with Gasteiger partial charge in [0.2, 0.25) is 0 Å². The van der Waals surface area contributed by atoms with E-state index in [0.717, 1.165) is 0 Å². The van der Waals surface area contributed by atoms with Crippen LogP contribution in [-0.2, 0) is 16.1 Å². The van der Waals surface area contributed by atoms with Crippen LogP contribution in [0.4, 0.5) is 10.5 Å². The number of carbonyl (C=O) groups is 1. The molecular weight excluding hydrogens is 320 g/mol. The van der Waals surface area contributed by atoms with Crippen molar-refractivity contribution in [3.63, 3.8) is 0 Å². The number of hydrogen-bond donors (Lipinski definition) is 1. The summed E-state index contributed by atoms with van der Waals surface area (Å²) in [6, 6.07) is 5.36.